The Morgan fingerprint density at radius 2 is 1.78 bits per heavy atom. The average Bonchev–Trinajstić information content (AvgIpc) is 2.67. The zero-order valence-electron chi connectivity index (χ0n) is 14.5. The average molecular weight is 411 g/mol. The summed E-state index contributed by atoms with van der Waals surface area (Å²) in [6.07, 6.45) is 2.81. The van der Waals surface area contributed by atoms with Gasteiger partial charge >= 0.3 is 11.9 Å². The second-order valence-electron chi connectivity index (χ2n) is 5.10. The maximum atomic E-state index is 12.0. The van der Waals surface area contributed by atoms with Crippen molar-refractivity contribution in [3.63, 3.8) is 0 Å². The van der Waals surface area contributed by atoms with Crippen LogP contribution in [0.2, 0.25) is 10.0 Å². The van der Waals surface area contributed by atoms with Crippen LogP contribution in [0.15, 0.2) is 42.5 Å². The van der Waals surface area contributed by atoms with E-state index in [2.05, 4.69) is 4.74 Å². The van der Waals surface area contributed by atoms with Crippen LogP contribution in [0.3, 0.4) is 0 Å². The normalized spacial score (nSPS) is 10.5. The molecule has 2 aromatic carbocycles. The highest BCUT2D eigenvalue weighted by molar-refractivity contribution is 6.34. The van der Waals surface area contributed by atoms with Crippen molar-refractivity contribution in [2.75, 3.05) is 20.8 Å². The molecule has 0 aromatic heterocycles. The lowest BCUT2D eigenvalue weighted by molar-refractivity contribution is -0.137. The molecular formula is C19H16Cl2O6. The number of methoxy groups -OCH3 is 2. The lowest BCUT2D eigenvalue weighted by Gasteiger charge is -2.11. The van der Waals surface area contributed by atoms with Gasteiger partial charge in [-0.15, -0.1) is 0 Å². The predicted octanol–water partition coefficient (Wildman–Crippen LogP) is 4.17. The fourth-order valence-corrected chi connectivity index (χ4v) is 2.32. The maximum absolute atomic E-state index is 12.0. The van der Waals surface area contributed by atoms with Crippen molar-refractivity contribution < 1.29 is 28.5 Å². The molecule has 0 aliphatic heterocycles. The minimum Gasteiger partial charge on any atom is -0.493 e. The Labute approximate surface area is 166 Å². The van der Waals surface area contributed by atoms with Crippen LogP contribution in [0.5, 0.6) is 17.2 Å². The quantitative estimate of drug-likeness (QED) is 0.387. The summed E-state index contributed by atoms with van der Waals surface area (Å²) in [6, 6.07) is 9.47. The van der Waals surface area contributed by atoms with Crippen molar-refractivity contribution in [3.05, 3.63) is 58.1 Å². The summed E-state index contributed by atoms with van der Waals surface area (Å²) in [5, 5.41) is 0.756. The smallest absolute Gasteiger partial charge is 0.349 e. The lowest BCUT2D eigenvalue weighted by atomic mass is 10.2. The summed E-state index contributed by atoms with van der Waals surface area (Å²) >= 11 is 11.8. The number of carbonyl (C=O) groups excluding carboxylic acids is 2. The van der Waals surface area contributed by atoms with Gasteiger partial charge in [0.25, 0.3) is 0 Å². The van der Waals surface area contributed by atoms with Crippen molar-refractivity contribution in [2.45, 2.75) is 0 Å². The second kappa shape index (κ2) is 9.85. The molecule has 6 nitrogen and oxygen atoms in total. The minimum absolute atomic E-state index is 0.207. The molecule has 2 aromatic rings. The van der Waals surface area contributed by atoms with Gasteiger partial charge in [-0.1, -0.05) is 29.3 Å². The van der Waals surface area contributed by atoms with E-state index in [1.165, 1.54) is 26.4 Å². The van der Waals surface area contributed by atoms with Gasteiger partial charge in [-0.3, -0.25) is 0 Å². The summed E-state index contributed by atoms with van der Waals surface area (Å²) in [5.74, 6) is -0.338. The maximum Gasteiger partial charge on any atom is 0.349 e. The first kappa shape index (κ1) is 20.6. The fraction of sp³-hybridized carbons (Fsp3) is 0.158. The summed E-state index contributed by atoms with van der Waals surface area (Å²) in [6.45, 7) is -0.368. The lowest BCUT2D eigenvalue weighted by Crippen LogP contribution is -2.18. The molecule has 0 amide bonds. The summed E-state index contributed by atoms with van der Waals surface area (Å²) in [4.78, 5) is 23.2. The van der Waals surface area contributed by atoms with Gasteiger partial charge in [0.2, 0.25) is 0 Å². The third kappa shape index (κ3) is 6.20. The van der Waals surface area contributed by atoms with Gasteiger partial charge in [-0.25, -0.2) is 9.59 Å². The Morgan fingerprint density at radius 3 is 2.48 bits per heavy atom. The highest BCUT2D eigenvalue weighted by Gasteiger charge is 2.12. The monoisotopic (exact) mass is 410 g/mol. The molecule has 0 atom stereocenters. The van der Waals surface area contributed by atoms with E-state index in [0.717, 1.165) is 0 Å². The second-order valence-corrected chi connectivity index (χ2v) is 5.95. The van der Waals surface area contributed by atoms with Gasteiger partial charge in [0.15, 0.2) is 18.1 Å². The number of ether oxygens (including phenoxy) is 4. The van der Waals surface area contributed by atoms with Crippen LogP contribution in [0.1, 0.15) is 5.56 Å². The third-order valence-corrected chi connectivity index (χ3v) is 3.81. The molecule has 0 aliphatic carbocycles. The fourth-order valence-electron chi connectivity index (χ4n) is 1.98. The number of carbonyl (C=O) groups is 2. The topological polar surface area (TPSA) is 71.1 Å². The van der Waals surface area contributed by atoms with E-state index in [1.54, 1.807) is 36.4 Å². The first-order valence-electron chi connectivity index (χ1n) is 7.65. The largest absolute Gasteiger partial charge is 0.493 e. The Balaban J connectivity index is 2.03. The zero-order valence-corrected chi connectivity index (χ0v) is 16.0. The molecule has 0 aliphatic rings. The summed E-state index contributed by atoms with van der Waals surface area (Å²) in [5.41, 5.74) is 0.666. The van der Waals surface area contributed by atoms with E-state index in [1.807, 2.05) is 0 Å². The van der Waals surface area contributed by atoms with Crippen LogP contribution < -0.4 is 14.2 Å². The number of hydrogen-bond donors (Lipinski definition) is 0. The molecule has 2 rings (SSSR count). The van der Waals surface area contributed by atoms with Gasteiger partial charge < -0.3 is 18.9 Å². The van der Waals surface area contributed by atoms with Gasteiger partial charge in [-0.2, -0.15) is 0 Å². The highest BCUT2D eigenvalue weighted by Crippen LogP contribution is 2.30. The molecule has 0 unspecified atom stereocenters. The Hall–Kier alpha value is -2.70. The third-order valence-electron chi connectivity index (χ3n) is 3.26. The Bertz CT molecular complexity index is 863. The molecule has 0 radical (unpaired) electrons. The van der Waals surface area contributed by atoms with Crippen LogP contribution in [-0.2, 0) is 14.3 Å². The van der Waals surface area contributed by atoms with E-state index in [9.17, 15) is 9.59 Å². The number of esters is 2. The van der Waals surface area contributed by atoms with E-state index >= 15 is 0 Å². The first-order chi connectivity index (χ1) is 12.9. The molecule has 8 heteroatoms. The highest BCUT2D eigenvalue weighted by atomic mass is 35.5. The number of hydrogen-bond acceptors (Lipinski definition) is 6. The van der Waals surface area contributed by atoms with Crippen LogP contribution >= 0.6 is 23.2 Å². The van der Waals surface area contributed by atoms with Crippen molar-refractivity contribution in [2.24, 2.45) is 0 Å². The zero-order chi connectivity index (χ0) is 19.8. The molecule has 0 bridgehead atoms. The van der Waals surface area contributed by atoms with Crippen LogP contribution in [0.25, 0.3) is 6.08 Å². The minimum atomic E-state index is -0.651. The van der Waals surface area contributed by atoms with Gasteiger partial charge in [0, 0.05) is 17.2 Å². The molecule has 0 saturated carbocycles. The van der Waals surface area contributed by atoms with Crippen LogP contribution in [0, 0.1) is 0 Å². The first-order valence-corrected chi connectivity index (χ1v) is 8.41. The molecule has 0 fully saturated rings. The van der Waals surface area contributed by atoms with Crippen molar-refractivity contribution in [1.82, 2.24) is 0 Å². The molecule has 27 heavy (non-hydrogen) atoms. The standard InChI is InChI=1S/C19H16Cl2O6/c1-24-17-9-12(4-8-18(22)25-2)3-7-15(17)27-19(23)11-26-16-10-13(20)5-6-14(16)21/h3-10H,11H2,1-2H3/b8-4+. The van der Waals surface area contributed by atoms with E-state index in [0.29, 0.717) is 21.4 Å². The summed E-state index contributed by atoms with van der Waals surface area (Å²) < 4.78 is 20.3. The molecule has 142 valence electrons. The van der Waals surface area contributed by atoms with Gasteiger partial charge in [0.1, 0.15) is 5.75 Å². The van der Waals surface area contributed by atoms with Crippen molar-refractivity contribution in [1.29, 1.82) is 0 Å². The molecule has 0 N–H and O–H groups in total. The number of rotatable bonds is 7. The van der Waals surface area contributed by atoms with Crippen LogP contribution in [-0.4, -0.2) is 32.8 Å². The number of halogens is 2. The molecule has 0 saturated heterocycles. The van der Waals surface area contributed by atoms with Crippen molar-refractivity contribution >= 4 is 41.2 Å². The van der Waals surface area contributed by atoms with Crippen molar-refractivity contribution in [3.8, 4) is 17.2 Å². The predicted molar refractivity (Wildman–Crippen MR) is 102 cm³/mol. The van der Waals surface area contributed by atoms with E-state index in [4.69, 9.17) is 37.4 Å². The summed E-state index contributed by atoms with van der Waals surface area (Å²) in [7, 11) is 2.72. The van der Waals surface area contributed by atoms with E-state index in [-0.39, 0.29) is 18.1 Å². The molecular weight excluding hydrogens is 395 g/mol. The van der Waals surface area contributed by atoms with Gasteiger partial charge in [-0.05, 0) is 35.9 Å². The van der Waals surface area contributed by atoms with Crippen LogP contribution in [0.4, 0.5) is 0 Å². The SMILES string of the molecule is COC(=O)/C=C/c1ccc(OC(=O)COc2cc(Cl)ccc2Cl)c(OC)c1. The molecule has 0 spiro atoms. The van der Waals surface area contributed by atoms with Gasteiger partial charge in [0.05, 0.1) is 19.2 Å². The Kier molecular flexibility index (Phi) is 7.52. The Morgan fingerprint density at radius 1 is 1.00 bits per heavy atom. The molecule has 0 heterocycles. The number of benzene rings is 2. The van der Waals surface area contributed by atoms with E-state index < -0.39 is 11.9 Å².